The van der Waals surface area contributed by atoms with Crippen molar-refractivity contribution in [1.82, 2.24) is 9.97 Å². The maximum atomic E-state index is 11.3. The molecule has 0 saturated heterocycles. The molecule has 0 saturated carbocycles. The minimum Gasteiger partial charge on any atom is -0.383 e. The average molecular weight is 261 g/mol. The van der Waals surface area contributed by atoms with Crippen LogP contribution in [0.2, 0.25) is 5.02 Å². The lowest BCUT2D eigenvalue weighted by Gasteiger charge is -2.00. The quantitative estimate of drug-likeness (QED) is 0.624. The zero-order valence-electron chi connectivity index (χ0n) is 9.20. The number of carbonyl (C=O) groups is 1. The molecule has 0 atom stereocenters. The number of primary amides is 1. The van der Waals surface area contributed by atoms with Crippen LogP contribution < -0.4 is 11.5 Å². The van der Waals surface area contributed by atoms with E-state index in [0.29, 0.717) is 10.7 Å². The molecule has 0 aliphatic rings. The lowest BCUT2D eigenvalue weighted by Crippen LogP contribution is -2.14. The fourth-order valence-corrected chi connectivity index (χ4v) is 2.17. The molecule has 3 rings (SSSR count). The molecule has 90 valence electrons. The molecule has 1 amide bonds. The number of carbonyl (C=O) groups excluding carboxylic acids is 1. The molecule has 2 heterocycles. The van der Waals surface area contributed by atoms with E-state index in [4.69, 9.17) is 23.1 Å². The van der Waals surface area contributed by atoms with Crippen LogP contribution in [0.25, 0.3) is 21.9 Å². The van der Waals surface area contributed by atoms with E-state index in [0.717, 1.165) is 16.3 Å². The van der Waals surface area contributed by atoms with Crippen LogP contribution >= 0.6 is 11.6 Å². The molecule has 0 unspecified atom stereocenters. The van der Waals surface area contributed by atoms with Gasteiger partial charge >= 0.3 is 0 Å². The van der Waals surface area contributed by atoms with Crippen LogP contribution in [0.4, 0.5) is 5.82 Å². The van der Waals surface area contributed by atoms with Crippen molar-refractivity contribution in [2.45, 2.75) is 0 Å². The number of pyridine rings is 1. The Morgan fingerprint density at radius 3 is 2.78 bits per heavy atom. The van der Waals surface area contributed by atoms with Crippen molar-refractivity contribution >= 4 is 45.3 Å². The number of benzene rings is 1. The first-order chi connectivity index (χ1) is 8.56. The summed E-state index contributed by atoms with van der Waals surface area (Å²) in [6.07, 6.45) is 0. The van der Waals surface area contributed by atoms with Crippen LogP contribution in [-0.4, -0.2) is 15.9 Å². The third-order valence-electron chi connectivity index (χ3n) is 2.84. The summed E-state index contributed by atoms with van der Waals surface area (Å²) < 4.78 is 0. The van der Waals surface area contributed by atoms with E-state index in [1.165, 1.54) is 0 Å². The van der Waals surface area contributed by atoms with Gasteiger partial charge in [0.2, 0.25) is 0 Å². The second-order valence-electron chi connectivity index (χ2n) is 4.00. The molecule has 2 aromatic heterocycles. The Balaban J connectivity index is 2.46. The van der Waals surface area contributed by atoms with Crippen LogP contribution in [0.1, 0.15) is 10.4 Å². The van der Waals surface area contributed by atoms with E-state index < -0.39 is 5.91 Å². The van der Waals surface area contributed by atoms with Crippen molar-refractivity contribution in [2.24, 2.45) is 5.73 Å². The molecule has 18 heavy (non-hydrogen) atoms. The number of rotatable bonds is 1. The van der Waals surface area contributed by atoms with Crippen molar-refractivity contribution in [3.63, 3.8) is 0 Å². The number of fused-ring (bicyclic) bond motifs is 3. The topological polar surface area (TPSA) is 97.8 Å². The third-order valence-corrected chi connectivity index (χ3v) is 3.08. The van der Waals surface area contributed by atoms with Gasteiger partial charge in [0.1, 0.15) is 11.5 Å². The molecule has 0 aliphatic heterocycles. The minimum absolute atomic E-state index is 0.118. The number of aromatic nitrogens is 2. The Morgan fingerprint density at radius 1 is 1.28 bits per heavy atom. The molecule has 0 aliphatic carbocycles. The van der Waals surface area contributed by atoms with Gasteiger partial charge < -0.3 is 16.5 Å². The summed E-state index contributed by atoms with van der Waals surface area (Å²) in [5.74, 6) is -0.481. The van der Waals surface area contributed by atoms with E-state index in [1.54, 1.807) is 18.2 Å². The molecule has 0 radical (unpaired) electrons. The standard InChI is InChI=1S/C12H9ClN4O/c13-5-1-2-9-6(3-5)7-4-8(11(15)18)10(14)17-12(7)16-9/h1-4H,(H2,15,18)(H3,14,16,17). The van der Waals surface area contributed by atoms with Gasteiger partial charge in [0.25, 0.3) is 5.91 Å². The second kappa shape index (κ2) is 3.61. The zero-order chi connectivity index (χ0) is 12.9. The highest BCUT2D eigenvalue weighted by Crippen LogP contribution is 2.28. The number of nitrogens with one attached hydrogen (secondary N) is 1. The maximum absolute atomic E-state index is 11.3. The summed E-state index contributed by atoms with van der Waals surface area (Å²) in [4.78, 5) is 18.5. The SMILES string of the molecule is NC(=O)c1cc2c(nc1N)[nH]c1ccc(Cl)cc12. The van der Waals surface area contributed by atoms with E-state index in [9.17, 15) is 4.79 Å². The van der Waals surface area contributed by atoms with Gasteiger partial charge in [-0.1, -0.05) is 11.6 Å². The Hall–Kier alpha value is -2.27. The fraction of sp³-hybridized carbons (Fsp3) is 0. The first kappa shape index (κ1) is 10.9. The maximum Gasteiger partial charge on any atom is 0.252 e. The first-order valence-electron chi connectivity index (χ1n) is 5.23. The molecule has 0 fully saturated rings. The molecule has 5 nitrogen and oxygen atoms in total. The molecule has 0 bridgehead atoms. The van der Waals surface area contributed by atoms with Crippen LogP contribution in [-0.2, 0) is 0 Å². The number of amides is 1. The molecular weight excluding hydrogens is 252 g/mol. The second-order valence-corrected chi connectivity index (χ2v) is 4.43. The van der Waals surface area contributed by atoms with Gasteiger partial charge in [-0.15, -0.1) is 0 Å². The number of anilines is 1. The summed E-state index contributed by atoms with van der Waals surface area (Å²) in [5, 5.41) is 2.27. The fourth-order valence-electron chi connectivity index (χ4n) is 2.00. The number of nitrogens with zero attached hydrogens (tertiary/aromatic N) is 1. The molecule has 3 aromatic rings. The highest BCUT2D eigenvalue weighted by Gasteiger charge is 2.12. The molecule has 0 spiro atoms. The summed E-state index contributed by atoms with van der Waals surface area (Å²) in [6, 6.07) is 7.06. The third kappa shape index (κ3) is 1.48. The Bertz CT molecular complexity index is 793. The van der Waals surface area contributed by atoms with Crippen molar-refractivity contribution in [3.8, 4) is 0 Å². The lowest BCUT2D eigenvalue weighted by molar-refractivity contribution is 0.100. The van der Waals surface area contributed by atoms with E-state index in [1.807, 2.05) is 6.07 Å². The van der Waals surface area contributed by atoms with Crippen LogP contribution in [0.5, 0.6) is 0 Å². The van der Waals surface area contributed by atoms with Gasteiger partial charge in [-0.25, -0.2) is 4.98 Å². The zero-order valence-corrected chi connectivity index (χ0v) is 9.95. The number of halogens is 1. The highest BCUT2D eigenvalue weighted by molar-refractivity contribution is 6.31. The van der Waals surface area contributed by atoms with Crippen molar-refractivity contribution < 1.29 is 4.79 Å². The van der Waals surface area contributed by atoms with Gasteiger partial charge in [0, 0.05) is 21.3 Å². The van der Waals surface area contributed by atoms with Crippen molar-refractivity contribution in [2.75, 3.05) is 5.73 Å². The normalized spacial score (nSPS) is 11.2. The minimum atomic E-state index is -0.599. The average Bonchev–Trinajstić information content (AvgIpc) is 2.64. The number of H-pyrrole nitrogens is 1. The summed E-state index contributed by atoms with van der Waals surface area (Å²) in [5.41, 5.74) is 12.6. The molecular formula is C12H9ClN4O. The van der Waals surface area contributed by atoms with Gasteiger partial charge in [0.15, 0.2) is 0 Å². The smallest absolute Gasteiger partial charge is 0.252 e. The van der Waals surface area contributed by atoms with Gasteiger partial charge in [-0.2, -0.15) is 0 Å². The first-order valence-corrected chi connectivity index (χ1v) is 5.61. The monoisotopic (exact) mass is 260 g/mol. The van der Waals surface area contributed by atoms with Crippen molar-refractivity contribution in [1.29, 1.82) is 0 Å². The van der Waals surface area contributed by atoms with Crippen molar-refractivity contribution in [3.05, 3.63) is 34.9 Å². The predicted octanol–water partition coefficient (Wildman–Crippen LogP) is 2.05. The van der Waals surface area contributed by atoms with Gasteiger partial charge in [-0.3, -0.25) is 4.79 Å². The number of nitrogens with two attached hydrogens (primary N) is 2. The van der Waals surface area contributed by atoms with Crippen LogP contribution in [0, 0.1) is 0 Å². The van der Waals surface area contributed by atoms with Gasteiger partial charge in [0.05, 0.1) is 5.56 Å². The van der Waals surface area contributed by atoms with E-state index in [2.05, 4.69) is 9.97 Å². The largest absolute Gasteiger partial charge is 0.383 e. The van der Waals surface area contributed by atoms with Gasteiger partial charge in [-0.05, 0) is 24.3 Å². The van der Waals surface area contributed by atoms with Crippen LogP contribution in [0.3, 0.4) is 0 Å². The molecule has 6 heteroatoms. The Labute approximate surface area is 107 Å². The Kier molecular flexibility index (Phi) is 2.18. The number of nitrogen functional groups attached to an aromatic ring is 1. The summed E-state index contributed by atoms with van der Waals surface area (Å²) >= 11 is 5.96. The summed E-state index contributed by atoms with van der Waals surface area (Å²) in [7, 11) is 0. The summed E-state index contributed by atoms with van der Waals surface area (Å²) in [6.45, 7) is 0. The number of hydrogen-bond donors (Lipinski definition) is 3. The van der Waals surface area contributed by atoms with E-state index in [-0.39, 0.29) is 11.4 Å². The highest BCUT2D eigenvalue weighted by atomic mass is 35.5. The van der Waals surface area contributed by atoms with Crippen LogP contribution in [0.15, 0.2) is 24.3 Å². The number of aromatic amines is 1. The predicted molar refractivity (Wildman–Crippen MR) is 71.5 cm³/mol. The van der Waals surface area contributed by atoms with E-state index >= 15 is 0 Å². The lowest BCUT2D eigenvalue weighted by atomic mass is 10.1. The molecule has 1 aromatic carbocycles. The number of hydrogen-bond acceptors (Lipinski definition) is 3. The molecule has 5 N–H and O–H groups in total. The Morgan fingerprint density at radius 2 is 2.06 bits per heavy atom.